The molecular weight excluding hydrogens is 901 g/mol. The van der Waals surface area contributed by atoms with Crippen LogP contribution in [0.2, 0.25) is 0 Å². The lowest BCUT2D eigenvalue weighted by Crippen LogP contribution is -2.07. The Kier molecular flexibility index (Phi) is 18.8. The minimum Gasteiger partial charge on any atom is -0.489 e. The van der Waals surface area contributed by atoms with Gasteiger partial charge < -0.3 is 18.9 Å². The van der Waals surface area contributed by atoms with Crippen molar-refractivity contribution >= 4 is 0 Å². The lowest BCUT2D eigenvalue weighted by molar-refractivity contribution is 0.282. The van der Waals surface area contributed by atoms with Crippen molar-refractivity contribution < 1.29 is 54.1 Å². The molecule has 69 heavy (non-hydrogen) atoms. The summed E-state index contributed by atoms with van der Waals surface area (Å²) in [6, 6.07) is 24.4. The SMILES string of the molecule is Fc1ccc(COc2cc(CCC3CCCCC3)cc(OCc3ccc(F)cc3F)c2)c(F)c1.Fc1ccc(COc2cc(CCCC3CCCCC3)cc(OCc3ccc(F)cc3F)c2)c(F)c1. The van der Waals surface area contributed by atoms with E-state index in [-0.39, 0.29) is 48.7 Å². The molecule has 2 aliphatic carbocycles. The average molecular weight is 959 g/mol. The van der Waals surface area contributed by atoms with Gasteiger partial charge in [0, 0.05) is 58.7 Å². The van der Waals surface area contributed by atoms with E-state index in [1.807, 2.05) is 24.3 Å². The highest BCUT2D eigenvalue weighted by Gasteiger charge is 2.17. The monoisotopic (exact) mass is 958 g/mol. The van der Waals surface area contributed by atoms with E-state index in [1.54, 1.807) is 12.1 Å². The van der Waals surface area contributed by atoms with E-state index in [0.717, 1.165) is 67.0 Å². The molecule has 0 amide bonds. The molecule has 0 atom stereocenters. The predicted octanol–water partition coefficient (Wildman–Crippen LogP) is 16.2. The molecule has 2 aliphatic rings. The van der Waals surface area contributed by atoms with Gasteiger partial charge in [0.05, 0.1) is 0 Å². The van der Waals surface area contributed by atoms with Crippen molar-refractivity contribution in [2.45, 2.75) is 123 Å². The summed E-state index contributed by atoms with van der Waals surface area (Å²) in [5.41, 5.74) is 2.98. The van der Waals surface area contributed by atoms with E-state index in [4.69, 9.17) is 18.9 Å². The highest BCUT2D eigenvalue weighted by Crippen LogP contribution is 2.33. The summed E-state index contributed by atoms with van der Waals surface area (Å²) in [6.07, 6.45) is 17.8. The van der Waals surface area contributed by atoms with E-state index in [0.29, 0.717) is 28.9 Å². The van der Waals surface area contributed by atoms with E-state index < -0.39 is 46.5 Å². The Hall–Kier alpha value is -6.04. The topological polar surface area (TPSA) is 36.9 Å². The molecule has 366 valence electrons. The van der Waals surface area contributed by atoms with Crippen molar-refractivity contribution in [1.82, 2.24) is 0 Å². The van der Waals surface area contributed by atoms with Gasteiger partial charge in [-0.25, -0.2) is 35.1 Å². The lowest BCUT2D eigenvalue weighted by Gasteiger charge is -2.21. The fourth-order valence-electron chi connectivity index (χ4n) is 9.00. The van der Waals surface area contributed by atoms with Crippen LogP contribution in [0.25, 0.3) is 0 Å². The van der Waals surface area contributed by atoms with Crippen molar-refractivity contribution in [3.63, 3.8) is 0 Å². The standard InChI is InChI=1S/C29H30F4O2.C28H28F4O2/c30-24-11-9-22(28(32)15-24)18-34-26-13-21(8-4-7-20-5-2-1-3-6-20)14-27(17-26)35-19-23-10-12-25(31)16-29(23)33;29-23-10-8-21(27(31)14-23)17-33-25-12-20(7-6-19-4-2-1-3-5-19)13-26(16-25)34-18-22-9-11-24(30)15-28(22)32/h9-17,20H,1-8,18-19H2;8-16,19H,1-7,17-18H2. The molecule has 0 saturated heterocycles. The first-order valence-corrected chi connectivity index (χ1v) is 24.0. The van der Waals surface area contributed by atoms with Crippen LogP contribution in [-0.2, 0) is 39.3 Å². The molecule has 0 spiro atoms. The number of hydrogen-bond donors (Lipinski definition) is 0. The second-order valence-corrected chi connectivity index (χ2v) is 18.2. The molecule has 2 saturated carbocycles. The fourth-order valence-corrected chi connectivity index (χ4v) is 9.00. The van der Waals surface area contributed by atoms with E-state index in [1.165, 1.54) is 119 Å². The van der Waals surface area contributed by atoms with Crippen LogP contribution in [-0.4, -0.2) is 0 Å². The molecule has 2 fully saturated rings. The molecule has 0 heterocycles. The van der Waals surface area contributed by atoms with Crippen molar-refractivity contribution in [1.29, 1.82) is 0 Å². The molecular formula is C57H58F8O4. The van der Waals surface area contributed by atoms with Gasteiger partial charge in [0.15, 0.2) is 0 Å². The molecule has 0 aromatic heterocycles. The molecule has 4 nitrogen and oxygen atoms in total. The Labute approximate surface area is 399 Å². The maximum absolute atomic E-state index is 14.0. The van der Waals surface area contributed by atoms with Crippen molar-refractivity contribution in [3.05, 3.63) is 189 Å². The average Bonchev–Trinajstić information content (AvgIpc) is 3.33. The molecule has 6 aromatic rings. The number of ether oxygens (including phenoxy) is 4. The van der Waals surface area contributed by atoms with Gasteiger partial charge in [0.2, 0.25) is 0 Å². The van der Waals surface area contributed by atoms with Crippen LogP contribution in [0.3, 0.4) is 0 Å². The smallest absolute Gasteiger partial charge is 0.132 e. The van der Waals surface area contributed by atoms with Gasteiger partial charge in [-0.1, -0.05) is 70.6 Å². The van der Waals surface area contributed by atoms with Crippen molar-refractivity contribution in [2.75, 3.05) is 0 Å². The number of rotatable bonds is 19. The third kappa shape index (κ3) is 16.3. The predicted molar refractivity (Wildman–Crippen MR) is 250 cm³/mol. The lowest BCUT2D eigenvalue weighted by atomic mass is 9.85. The molecule has 0 bridgehead atoms. The Morgan fingerprint density at radius 3 is 0.957 bits per heavy atom. The number of aryl methyl sites for hydroxylation is 2. The van der Waals surface area contributed by atoms with Crippen LogP contribution < -0.4 is 18.9 Å². The van der Waals surface area contributed by atoms with Gasteiger partial charge in [-0.3, -0.25) is 0 Å². The quantitative estimate of drug-likeness (QED) is 0.0758. The van der Waals surface area contributed by atoms with Gasteiger partial charge >= 0.3 is 0 Å². The zero-order chi connectivity index (χ0) is 48.5. The maximum atomic E-state index is 14.0. The van der Waals surface area contributed by atoms with Gasteiger partial charge in [-0.15, -0.1) is 0 Å². The molecule has 0 unspecified atom stereocenters. The van der Waals surface area contributed by atoms with Crippen LogP contribution in [0, 0.1) is 58.4 Å². The summed E-state index contributed by atoms with van der Waals surface area (Å²) in [5, 5.41) is 0. The highest BCUT2D eigenvalue weighted by molar-refractivity contribution is 5.40. The maximum Gasteiger partial charge on any atom is 0.132 e. The van der Waals surface area contributed by atoms with Gasteiger partial charge in [0.1, 0.15) is 96.0 Å². The summed E-state index contributed by atoms with van der Waals surface area (Å²) in [5.74, 6) is -1.83. The van der Waals surface area contributed by atoms with E-state index >= 15 is 0 Å². The van der Waals surface area contributed by atoms with Crippen LogP contribution >= 0.6 is 0 Å². The Morgan fingerprint density at radius 2 is 0.638 bits per heavy atom. The third-order valence-electron chi connectivity index (χ3n) is 12.9. The summed E-state index contributed by atoms with van der Waals surface area (Å²) in [7, 11) is 0. The van der Waals surface area contributed by atoms with Crippen LogP contribution in [0.1, 0.15) is 117 Å². The van der Waals surface area contributed by atoms with Crippen LogP contribution in [0.15, 0.2) is 109 Å². The number of benzene rings is 6. The fraction of sp³-hybridized carbons (Fsp3) is 0.368. The summed E-state index contributed by atoms with van der Waals surface area (Å²) < 4.78 is 132. The molecule has 12 heteroatoms. The summed E-state index contributed by atoms with van der Waals surface area (Å²) in [4.78, 5) is 0. The Balaban J connectivity index is 0.000000204. The second kappa shape index (κ2) is 25.5. The Morgan fingerprint density at radius 1 is 0.333 bits per heavy atom. The van der Waals surface area contributed by atoms with Crippen LogP contribution in [0.5, 0.6) is 23.0 Å². The second-order valence-electron chi connectivity index (χ2n) is 18.2. The molecule has 0 N–H and O–H groups in total. The zero-order valence-corrected chi connectivity index (χ0v) is 38.6. The highest BCUT2D eigenvalue weighted by atomic mass is 19.2. The minimum absolute atomic E-state index is 0.0653. The number of halogens is 8. The van der Waals surface area contributed by atoms with Gasteiger partial charge in [0.25, 0.3) is 0 Å². The summed E-state index contributed by atoms with van der Waals surface area (Å²) in [6.45, 7) is -0.262. The minimum atomic E-state index is -0.670. The van der Waals surface area contributed by atoms with Crippen molar-refractivity contribution in [2.24, 2.45) is 11.8 Å². The molecule has 0 aliphatic heterocycles. The largest absolute Gasteiger partial charge is 0.489 e. The third-order valence-corrected chi connectivity index (χ3v) is 12.9. The van der Waals surface area contributed by atoms with E-state index in [2.05, 4.69) is 0 Å². The normalized spacial score (nSPS) is 14.2. The van der Waals surface area contributed by atoms with Gasteiger partial charge in [-0.05, 0) is 121 Å². The zero-order valence-electron chi connectivity index (χ0n) is 38.6. The van der Waals surface area contributed by atoms with E-state index in [9.17, 15) is 35.1 Å². The number of hydrogen-bond acceptors (Lipinski definition) is 4. The first kappa shape index (κ1) is 50.8. The van der Waals surface area contributed by atoms with Crippen LogP contribution in [0.4, 0.5) is 35.1 Å². The van der Waals surface area contributed by atoms with Gasteiger partial charge in [-0.2, -0.15) is 0 Å². The summed E-state index contributed by atoms with van der Waals surface area (Å²) >= 11 is 0. The molecule has 0 radical (unpaired) electrons. The first-order valence-electron chi connectivity index (χ1n) is 24.0. The van der Waals surface area contributed by atoms with Crippen molar-refractivity contribution in [3.8, 4) is 23.0 Å². The first-order chi connectivity index (χ1) is 33.4. The molecule has 6 aromatic carbocycles. The molecule has 8 rings (SSSR count). The Bertz CT molecular complexity index is 2440.